The van der Waals surface area contributed by atoms with Crippen molar-refractivity contribution in [3.8, 4) is 0 Å². The number of amides is 2. The number of nitrogens with zero attached hydrogens (tertiary/aromatic N) is 5. The lowest BCUT2D eigenvalue weighted by Crippen LogP contribution is -2.38. The van der Waals surface area contributed by atoms with Crippen LogP contribution in [-0.2, 0) is 9.59 Å². The fourth-order valence-corrected chi connectivity index (χ4v) is 3.09. The molecule has 0 spiro atoms. The van der Waals surface area contributed by atoms with Gasteiger partial charge in [-0.2, -0.15) is 0 Å². The minimum Gasteiger partial charge on any atom is -0.353 e. The maximum absolute atomic E-state index is 11.9. The van der Waals surface area contributed by atoms with Gasteiger partial charge in [-0.1, -0.05) is 11.3 Å². The first-order chi connectivity index (χ1) is 11.0. The predicted octanol–water partition coefficient (Wildman–Crippen LogP) is 0.169. The maximum Gasteiger partial charge on any atom is 0.239 e. The predicted molar refractivity (Wildman–Crippen MR) is 90.9 cm³/mol. The molecule has 23 heavy (non-hydrogen) atoms. The number of piperidine rings is 1. The molecule has 1 saturated heterocycles. The van der Waals surface area contributed by atoms with E-state index in [0.717, 1.165) is 19.4 Å². The second-order valence-corrected chi connectivity index (χ2v) is 6.81. The van der Waals surface area contributed by atoms with Crippen LogP contribution in [0.5, 0.6) is 0 Å². The topological polar surface area (TPSA) is 81.7 Å². The molecule has 0 saturated carbocycles. The Morgan fingerprint density at radius 2 is 2.09 bits per heavy atom. The Morgan fingerprint density at radius 1 is 1.30 bits per heavy atom. The van der Waals surface area contributed by atoms with Gasteiger partial charge in [-0.15, -0.1) is 10.2 Å². The molecule has 1 aromatic rings. The number of hydrogen-bond acceptors (Lipinski definition) is 7. The normalized spacial score (nSPS) is 15.1. The van der Waals surface area contributed by atoms with Gasteiger partial charge in [-0.25, -0.2) is 0 Å². The molecule has 1 aliphatic heterocycles. The van der Waals surface area contributed by atoms with Gasteiger partial charge in [-0.05, 0) is 26.9 Å². The van der Waals surface area contributed by atoms with Crippen LogP contribution in [0.1, 0.15) is 19.3 Å². The van der Waals surface area contributed by atoms with Gasteiger partial charge in [0.1, 0.15) is 0 Å². The summed E-state index contributed by atoms with van der Waals surface area (Å²) in [5, 5.41) is 12.3. The monoisotopic (exact) mass is 340 g/mol. The van der Waals surface area contributed by atoms with Crippen molar-refractivity contribution in [3.63, 3.8) is 0 Å². The van der Waals surface area contributed by atoms with Gasteiger partial charge in [0.25, 0.3) is 0 Å². The van der Waals surface area contributed by atoms with E-state index in [1.54, 1.807) is 16.8 Å². The maximum atomic E-state index is 11.9. The zero-order chi connectivity index (χ0) is 16.8. The van der Waals surface area contributed by atoms with Gasteiger partial charge in [0.15, 0.2) is 0 Å². The molecule has 2 rings (SSSR count). The molecule has 8 nitrogen and oxygen atoms in total. The highest BCUT2D eigenvalue weighted by Gasteiger charge is 2.23. The summed E-state index contributed by atoms with van der Waals surface area (Å²) in [5.74, 6) is 0.0446. The van der Waals surface area contributed by atoms with Crippen molar-refractivity contribution in [1.82, 2.24) is 20.4 Å². The number of carbonyl (C=O) groups excluding carboxylic acids is 2. The summed E-state index contributed by atoms with van der Waals surface area (Å²) < 4.78 is 0. The van der Waals surface area contributed by atoms with E-state index in [0.29, 0.717) is 29.8 Å². The Balaban J connectivity index is 1.86. The fraction of sp³-hybridized carbons (Fsp3) is 0.714. The van der Waals surface area contributed by atoms with Crippen molar-refractivity contribution >= 4 is 33.4 Å². The molecule has 1 aromatic heterocycles. The number of hydrogen-bond donors (Lipinski definition) is 1. The van der Waals surface area contributed by atoms with Crippen molar-refractivity contribution in [2.75, 3.05) is 57.1 Å². The molecule has 0 unspecified atom stereocenters. The second kappa shape index (κ2) is 8.21. The van der Waals surface area contributed by atoms with Crippen LogP contribution in [0.15, 0.2) is 0 Å². The fourth-order valence-electron chi connectivity index (χ4n) is 2.24. The average Bonchev–Trinajstić information content (AvgIpc) is 2.97. The van der Waals surface area contributed by atoms with Gasteiger partial charge in [-0.3, -0.25) is 14.5 Å². The van der Waals surface area contributed by atoms with Gasteiger partial charge < -0.3 is 15.1 Å². The summed E-state index contributed by atoms with van der Waals surface area (Å²) in [6.45, 7) is 2.33. The molecule has 2 heterocycles. The number of nitrogens with one attached hydrogen (secondary N) is 1. The minimum atomic E-state index is -0.0554. The van der Waals surface area contributed by atoms with E-state index in [4.69, 9.17) is 0 Å². The van der Waals surface area contributed by atoms with Crippen molar-refractivity contribution in [1.29, 1.82) is 0 Å². The number of aromatic nitrogens is 2. The summed E-state index contributed by atoms with van der Waals surface area (Å²) in [7, 11) is 5.72. The smallest absolute Gasteiger partial charge is 0.239 e. The summed E-state index contributed by atoms with van der Waals surface area (Å²) in [6, 6.07) is 0. The third kappa shape index (κ3) is 5.14. The van der Waals surface area contributed by atoms with Crippen LogP contribution in [0.4, 0.5) is 10.3 Å². The molecule has 128 valence electrons. The Morgan fingerprint density at radius 3 is 2.78 bits per heavy atom. The van der Waals surface area contributed by atoms with E-state index in [1.165, 1.54) is 11.3 Å². The third-order valence-electron chi connectivity index (χ3n) is 3.55. The SMILES string of the molecule is CN(C)CCNC(=O)CN(C)c1nnc(N2CCCCC2=O)s1. The molecule has 1 N–H and O–H groups in total. The van der Waals surface area contributed by atoms with E-state index in [1.807, 2.05) is 19.0 Å². The first-order valence-electron chi connectivity index (χ1n) is 7.74. The molecule has 9 heteroatoms. The van der Waals surface area contributed by atoms with Crippen LogP contribution in [0, 0.1) is 0 Å². The average molecular weight is 340 g/mol. The lowest BCUT2D eigenvalue weighted by atomic mass is 10.1. The van der Waals surface area contributed by atoms with Crippen molar-refractivity contribution in [2.45, 2.75) is 19.3 Å². The summed E-state index contributed by atoms with van der Waals surface area (Å²) >= 11 is 1.34. The number of carbonyl (C=O) groups is 2. The van der Waals surface area contributed by atoms with Crippen LogP contribution in [-0.4, -0.2) is 74.2 Å². The molecular weight excluding hydrogens is 316 g/mol. The molecule has 2 amide bonds. The van der Waals surface area contributed by atoms with Crippen molar-refractivity contribution in [3.05, 3.63) is 0 Å². The lowest BCUT2D eigenvalue weighted by Gasteiger charge is -2.23. The van der Waals surface area contributed by atoms with E-state index < -0.39 is 0 Å². The molecule has 0 radical (unpaired) electrons. The van der Waals surface area contributed by atoms with E-state index >= 15 is 0 Å². The van der Waals surface area contributed by atoms with Gasteiger partial charge in [0.05, 0.1) is 6.54 Å². The molecule has 0 bridgehead atoms. The Bertz CT molecular complexity index is 547. The van der Waals surface area contributed by atoms with Gasteiger partial charge >= 0.3 is 0 Å². The van der Waals surface area contributed by atoms with E-state index in [2.05, 4.69) is 15.5 Å². The van der Waals surface area contributed by atoms with E-state index in [9.17, 15) is 9.59 Å². The van der Waals surface area contributed by atoms with Crippen LogP contribution >= 0.6 is 11.3 Å². The Hall–Kier alpha value is -1.74. The minimum absolute atomic E-state index is 0.0554. The molecular formula is C14H24N6O2S. The summed E-state index contributed by atoms with van der Waals surface area (Å²) in [5.41, 5.74) is 0. The molecule has 1 aliphatic rings. The summed E-state index contributed by atoms with van der Waals surface area (Å²) in [4.78, 5) is 29.2. The molecule has 0 atom stereocenters. The largest absolute Gasteiger partial charge is 0.353 e. The molecule has 1 fully saturated rings. The van der Waals surface area contributed by atoms with Crippen molar-refractivity contribution < 1.29 is 9.59 Å². The quantitative estimate of drug-likeness (QED) is 0.762. The highest BCUT2D eigenvalue weighted by molar-refractivity contribution is 7.19. The second-order valence-electron chi connectivity index (χ2n) is 5.88. The number of likely N-dealkylation sites (N-methyl/N-ethyl adjacent to an activating group) is 2. The lowest BCUT2D eigenvalue weighted by molar-refractivity contribution is -0.120. The first-order valence-corrected chi connectivity index (χ1v) is 8.55. The van der Waals surface area contributed by atoms with Crippen molar-refractivity contribution in [2.24, 2.45) is 0 Å². The summed E-state index contributed by atoms with van der Waals surface area (Å²) in [6.07, 6.45) is 2.50. The highest BCUT2D eigenvalue weighted by atomic mass is 32.1. The Kier molecular flexibility index (Phi) is 6.28. The zero-order valence-corrected chi connectivity index (χ0v) is 14.7. The number of rotatable bonds is 7. The first kappa shape index (κ1) is 17.6. The molecule has 0 aliphatic carbocycles. The van der Waals surface area contributed by atoms with Gasteiger partial charge in [0, 0.05) is 33.1 Å². The zero-order valence-electron chi connectivity index (χ0n) is 13.9. The number of anilines is 2. The van der Waals surface area contributed by atoms with Crippen LogP contribution < -0.4 is 15.1 Å². The Labute approximate surface area is 140 Å². The van der Waals surface area contributed by atoms with Crippen LogP contribution in [0.25, 0.3) is 0 Å². The van der Waals surface area contributed by atoms with Gasteiger partial charge in [0.2, 0.25) is 22.1 Å². The third-order valence-corrected chi connectivity index (χ3v) is 4.61. The van der Waals surface area contributed by atoms with E-state index in [-0.39, 0.29) is 18.4 Å². The van der Waals surface area contributed by atoms with Crippen LogP contribution in [0.2, 0.25) is 0 Å². The molecule has 0 aromatic carbocycles. The standard InChI is InChI=1S/C14H24N6O2S/c1-18(2)9-7-15-11(21)10-19(3)13-16-17-14(23-13)20-8-5-4-6-12(20)22/h4-10H2,1-3H3,(H,15,21). The highest BCUT2D eigenvalue weighted by Crippen LogP contribution is 2.28. The van der Waals surface area contributed by atoms with Crippen LogP contribution in [0.3, 0.4) is 0 Å².